The first kappa shape index (κ1) is 10.2. The van der Waals surface area contributed by atoms with Gasteiger partial charge in [-0.1, -0.05) is 18.9 Å². The molecule has 1 nitrogen and oxygen atoms in total. The third kappa shape index (κ3) is 2.20. The summed E-state index contributed by atoms with van der Waals surface area (Å²) in [4.78, 5) is 0. The van der Waals surface area contributed by atoms with Crippen molar-refractivity contribution in [3.8, 4) is 0 Å². The monoisotopic (exact) mass is 193 g/mol. The minimum Gasteiger partial charge on any atom is -0.311 e. The van der Waals surface area contributed by atoms with E-state index in [0.29, 0.717) is 5.54 Å². The Labute approximate surface area is 88.0 Å². The van der Waals surface area contributed by atoms with Gasteiger partial charge < -0.3 is 5.32 Å². The van der Waals surface area contributed by atoms with Gasteiger partial charge in [0.25, 0.3) is 0 Å². The summed E-state index contributed by atoms with van der Waals surface area (Å²) in [6, 6.07) is 0. The Balaban J connectivity index is 1.98. The second-order valence-corrected chi connectivity index (χ2v) is 5.00. The fourth-order valence-electron chi connectivity index (χ4n) is 2.93. The zero-order valence-corrected chi connectivity index (χ0v) is 9.23. The molecule has 1 atom stereocenters. The molecular formula is C13H23N. The lowest BCUT2D eigenvalue weighted by Crippen LogP contribution is -2.46. The predicted molar refractivity (Wildman–Crippen MR) is 61.4 cm³/mol. The first-order valence-electron chi connectivity index (χ1n) is 6.23. The molecule has 0 amide bonds. The Hall–Kier alpha value is -0.300. The van der Waals surface area contributed by atoms with Gasteiger partial charge in [-0.05, 0) is 51.0 Å². The van der Waals surface area contributed by atoms with Crippen molar-refractivity contribution >= 4 is 0 Å². The molecule has 1 saturated heterocycles. The maximum Gasteiger partial charge on any atom is 0.0212 e. The number of nitrogens with one attached hydrogen (secondary N) is 1. The van der Waals surface area contributed by atoms with Gasteiger partial charge in [0, 0.05) is 5.54 Å². The van der Waals surface area contributed by atoms with E-state index in [4.69, 9.17) is 0 Å². The molecule has 1 aliphatic carbocycles. The van der Waals surface area contributed by atoms with E-state index in [2.05, 4.69) is 18.0 Å². The van der Waals surface area contributed by atoms with Gasteiger partial charge in [-0.2, -0.15) is 0 Å². The third-order valence-corrected chi connectivity index (χ3v) is 3.93. The summed E-state index contributed by atoms with van der Waals surface area (Å²) in [5.74, 6) is 0.987. The SMILES string of the molecule is C=CCCC1(C2CC2)CCCCCN1. The molecule has 0 spiro atoms. The van der Waals surface area contributed by atoms with E-state index in [9.17, 15) is 0 Å². The second kappa shape index (κ2) is 4.48. The number of hydrogen-bond acceptors (Lipinski definition) is 1. The summed E-state index contributed by atoms with van der Waals surface area (Å²) in [6.07, 6.45) is 13.2. The van der Waals surface area contributed by atoms with Crippen LogP contribution in [0.1, 0.15) is 51.4 Å². The van der Waals surface area contributed by atoms with E-state index in [1.54, 1.807) is 0 Å². The van der Waals surface area contributed by atoms with Crippen molar-refractivity contribution in [2.45, 2.75) is 56.9 Å². The molecule has 2 aliphatic rings. The van der Waals surface area contributed by atoms with Gasteiger partial charge in [0.1, 0.15) is 0 Å². The second-order valence-electron chi connectivity index (χ2n) is 5.00. The highest BCUT2D eigenvalue weighted by atomic mass is 15.0. The van der Waals surface area contributed by atoms with Crippen LogP contribution in [-0.4, -0.2) is 12.1 Å². The van der Waals surface area contributed by atoms with Crippen molar-refractivity contribution in [1.29, 1.82) is 0 Å². The zero-order valence-electron chi connectivity index (χ0n) is 9.23. The van der Waals surface area contributed by atoms with Gasteiger partial charge in [-0.3, -0.25) is 0 Å². The standard InChI is InChI=1S/C13H23N/c1-2-3-9-13(12-7-8-12)10-5-4-6-11-14-13/h2,12,14H,1,3-11H2. The molecular weight excluding hydrogens is 170 g/mol. The van der Waals surface area contributed by atoms with Crippen LogP contribution in [0.5, 0.6) is 0 Å². The molecule has 0 aromatic carbocycles. The minimum atomic E-state index is 0.505. The number of rotatable bonds is 4. The summed E-state index contributed by atoms with van der Waals surface area (Å²) in [5.41, 5.74) is 0.505. The molecule has 80 valence electrons. The lowest BCUT2D eigenvalue weighted by Gasteiger charge is -2.34. The van der Waals surface area contributed by atoms with Gasteiger partial charge in [-0.15, -0.1) is 6.58 Å². The van der Waals surface area contributed by atoms with E-state index < -0.39 is 0 Å². The van der Waals surface area contributed by atoms with Crippen LogP contribution in [0.4, 0.5) is 0 Å². The van der Waals surface area contributed by atoms with Gasteiger partial charge >= 0.3 is 0 Å². The van der Waals surface area contributed by atoms with Crippen LogP contribution in [0.15, 0.2) is 12.7 Å². The number of hydrogen-bond donors (Lipinski definition) is 1. The van der Waals surface area contributed by atoms with Crippen LogP contribution < -0.4 is 5.32 Å². The first-order valence-corrected chi connectivity index (χ1v) is 6.23. The van der Waals surface area contributed by atoms with Crippen LogP contribution >= 0.6 is 0 Å². The molecule has 1 heteroatoms. The van der Waals surface area contributed by atoms with Crippen molar-refractivity contribution in [3.05, 3.63) is 12.7 Å². The van der Waals surface area contributed by atoms with E-state index in [1.165, 1.54) is 57.9 Å². The molecule has 1 aliphatic heterocycles. The molecule has 0 aromatic rings. The topological polar surface area (TPSA) is 12.0 Å². The fraction of sp³-hybridized carbons (Fsp3) is 0.846. The average molecular weight is 193 g/mol. The lowest BCUT2D eigenvalue weighted by molar-refractivity contribution is 0.255. The molecule has 0 aromatic heterocycles. The van der Waals surface area contributed by atoms with E-state index in [0.717, 1.165) is 5.92 Å². The van der Waals surface area contributed by atoms with Crippen LogP contribution in [-0.2, 0) is 0 Å². The van der Waals surface area contributed by atoms with Crippen molar-refractivity contribution in [2.75, 3.05) is 6.54 Å². The Morgan fingerprint density at radius 2 is 2.14 bits per heavy atom. The first-order chi connectivity index (χ1) is 6.87. The van der Waals surface area contributed by atoms with Gasteiger partial charge in [0.15, 0.2) is 0 Å². The highest BCUT2D eigenvalue weighted by Gasteiger charge is 2.43. The quantitative estimate of drug-likeness (QED) is 0.676. The van der Waals surface area contributed by atoms with Crippen LogP contribution in [0.3, 0.4) is 0 Å². The highest BCUT2D eigenvalue weighted by Crippen LogP contribution is 2.45. The Morgan fingerprint density at radius 3 is 2.86 bits per heavy atom. The molecule has 0 bridgehead atoms. The van der Waals surface area contributed by atoms with Gasteiger partial charge in [0.2, 0.25) is 0 Å². The lowest BCUT2D eigenvalue weighted by atomic mass is 9.83. The van der Waals surface area contributed by atoms with Crippen molar-refractivity contribution in [3.63, 3.8) is 0 Å². The molecule has 1 N–H and O–H groups in total. The molecule has 0 radical (unpaired) electrons. The van der Waals surface area contributed by atoms with E-state index in [-0.39, 0.29) is 0 Å². The van der Waals surface area contributed by atoms with Crippen molar-refractivity contribution in [2.24, 2.45) is 5.92 Å². The zero-order chi connectivity index (χ0) is 9.86. The smallest absolute Gasteiger partial charge is 0.0212 e. The predicted octanol–water partition coefficient (Wildman–Crippen LogP) is 3.27. The third-order valence-electron chi connectivity index (χ3n) is 3.93. The summed E-state index contributed by atoms with van der Waals surface area (Å²) in [5, 5.41) is 3.84. The summed E-state index contributed by atoms with van der Waals surface area (Å²) < 4.78 is 0. The van der Waals surface area contributed by atoms with Crippen molar-refractivity contribution in [1.82, 2.24) is 5.32 Å². The van der Waals surface area contributed by atoms with E-state index in [1.807, 2.05) is 0 Å². The fourth-order valence-corrected chi connectivity index (χ4v) is 2.93. The van der Waals surface area contributed by atoms with Crippen LogP contribution in [0.2, 0.25) is 0 Å². The summed E-state index contributed by atoms with van der Waals surface area (Å²) in [7, 11) is 0. The maximum absolute atomic E-state index is 3.85. The van der Waals surface area contributed by atoms with Crippen LogP contribution in [0, 0.1) is 5.92 Å². The Kier molecular flexibility index (Phi) is 3.27. The Bertz CT molecular complexity index is 185. The van der Waals surface area contributed by atoms with Gasteiger partial charge in [0.05, 0.1) is 0 Å². The van der Waals surface area contributed by atoms with E-state index >= 15 is 0 Å². The molecule has 14 heavy (non-hydrogen) atoms. The highest BCUT2D eigenvalue weighted by molar-refractivity contribution is 5.02. The summed E-state index contributed by atoms with van der Waals surface area (Å²) >= 11 is 0. The summed E-state index contributed by atoms with van der Waals surface area (Å²) in [6.45, 7) is 5.10. The van der Waals surface area contributed by atoms with Crippen molar-refractivity contribution < 1.29 is 0 Å². The molecule has 1 heterocycles. The molecule has 1 saturated carbocycles. The molecule has 2 rings (SSSR count). The normalized spacial score (nSPS) is 33.7. The Morgan fingerprint density at radius 1 is 1.29 bits per heavy atom. The maximum atomic E-state index is 3.85. The average Bonchev–Trinajstić information content (AvgIpc) is 3.01. The number of allylic oxidation sites excluding steroid dienone is 1. The molecule has 2 fully saturated rings. The largest absolute Gasteiger partial charge is 0.311 e. The minimum absolute atomic E-state index is 0.505. The molecule has 1 unspecified atom stereocenters. The van der Waals surface area contributed by atoms with Crippen LogP contribution in [0.25, 0.3) is 0 Å². The van der Waals surface area contributed by atoms with Gasteiger partial charge in [-0.25, -0.2) is 0 Å².